The van der Waals surface area contributed by atoms with Gasteiger partial charge >= 0.3 is 5.82 Å². The minimum Gasteiger partial charge on any atom is -0.344 e. The van der Waals surface area contributed by atoms with Gasteiger partial charge in [0, 0.05) is 28.4 Å². The van der Waals surface area contributed by atoms with E-state index in [4.69, 9.17) is 32.7 Å². The van der Waals surface area contributed by atoms with E-state index < -0.39 is 25.7 Å². The third-order valence-electron chi connectivity index (χ3n) is 9.61. The van der Waals surface area contributed by atoms with Crippen molar-refractivity contribution in [2.75, 3.05) is 23.0 Å². The molecule has 0 atom stereocenters. The molecule has 9 nitrogen and oxygen atoms in total. The average molecular weight is 750 g/mol. The number of aryl methyl sites for hydroxylation is 1. The van der Waals surface area contributed by atoms with Gasteiger partial charge in [-0.15, -0.1) is 0 Å². The lowest BCUT2D eigenvalue weighted by molar-refractivity contribution is -0.684. The van der Waals surface area contributed by atoms with Gasteiger partial charge in [-0.25, -0.2) is 4.57 Å². The zero-order valence-corrected chi connectivity index (χ0v) is 31.4. The maximum atomic E-state index is 11.3. The molecule has 2 N–H and O–H groups in total. The van der Waals surface area contributed by atoms with Crippen LogP contribution in [0.1, 0.15) is 77.3 Å². The molecule has 13 heteroatoms. The lowest BCUT2D eigenvalue weighted by Crippen LogP contribution is -2.35. The molecule has 0 fully saturated rings. The highest BCUT2D eigenvalue weighted by molar-refractivity contribution is 7.86. The van der Waals surface area contributed by atoms with Crippen LogP contribution in [0.4, 0.5) is 11.5 Å². The molecule has 2 aliphatic heterocycles. The molecule has 49 heavy (non-hydrogen) atoms. The lowest BCUT2D eigenvalue weighted by Gasteiger charge is -2.27. The molecule has 1 aromatic heterocycles. The molecule has 0 unspecified atom stereocenters. The molecule has 5 rings (SSSR count). The van der Waals surface area contributed by atoms with Crippen molar-refractivity contribution in [1.29, 1.82) is 0 Å². The number of rotatable bonds is 13. The summed E-state index contributed by atoms with van der Waals surface area (Å²) in [7, 11) is -8.00. The number of aromatic nitrogens is 1. The molecule has 3 aliphatic rings. The molecule has 0 saturated carbocycles. The van der Waals surface area contributed by atoms with E-state index in [2.05, 4.69) is 56.9 Å². The Labute approximate surface area is 300 Å². The number of benzene rings is 1. The third-order valence-corrected chi connectivity index (χ3v) is 11.9. The largest absolute Gasteiger partial charge is 0.344 e. The third kappa shape index (κ3) is 8.57. The van der Waals surface area contributed by atoms with Crippen molar-refractivity contribution in [3.63, 3.8) is 0 Å². The van der Waals surface area contributed by atoms with Crippen molar-refractivity contribution in [1.82, 2.24) is 0 Å². The molecule has 0 amide bonds. The average Bonchev–Trinajstić information content (AvgIpc) is 3.56. The normalized spacial score (nSPS) is 20.2. The number of para-hydroxylation sites is 1. The predicted molar refractivity (Wildman–Crippen MR) is 197 cm³/mol. The standard InChI is InChI=1S/C36H43Cl2N3O6S2/c1-35(2)29-23-27(37)24-40(19-7-9-21-48(42,43)44)34(29)39-31(35)17-15-25-13-14-26(33(25)38)16-18-32-36(3,4)28-11-5-6-12-30(28)41(32)20-8-10-22-49(45,46)47/h5-6,11-12,15-18,23-24H,7-10,13-14,19-22H2,1-4H3,(H-,42,43,44,45,46,47)/p+1. The highest BCUT2D eigenvalue weighted by Gasteiger charge is 2.43. The number of hydrogen-bond acceptors (Lipinski definition) is 6. The summed E-state index contributed by atoms with van der Waals surface area (Å²) in [5.74, 6) is 0.239. The number of anilines is 1. The Hall–Kier alpha value is -2.80. The van der Waals surface area contributed by atoms with Crippen molar-refractivity contribution < 1.29 is 30.5 Å². The minimum absolute atomic E-state index is 0.255. The van der Waals surface area contributed by atoms with Crippen molar-refractivity contribution in [2.24, 2.45) is 4.99 Å². The summed E-state index contributed by atoms with van der Waals surface area (Å²) in [5, 5.41) is 1.28. The molecule has 264 valence electrons. The highest BCUT2D eigenvalue weighted by Crippen LogP contribution is 2.48. The van der Waals surface area contributed by atoms with Gasteiger partial charge in [0.25, 0.3) is 20.2 Å². The zero-order valence-electron chi connectivity index (χ0n) is 28.3. The van der Waals surface area contributed by atoms with Crippen LogP contribution in [0.15, 0.2) is 87.7 Å². The van der Waals surface area contributed by atoms with Gasteiger partial charge in [-0.05, 0) is 98.4 Å². The van der Waals surface area contributed by atoms with Crippen LogP contribution < -0.4 is 9.47 Å². The number of allylic oxidation sites excluding steroid dienone is 8. The van der Waals surface area contributed by atoms with E-state index in [1.54, 1.807) is 6.20 Å². The van der Waals surface area contributed by atoms with E-state index in [9.17, 15) is 21.4 Å². The monoisotopic (exact) mass is 748 g/mol. The molecule has 0 bridgehead atoms. The van der Waals surface area contributed by atoms with E-state index in [-0.39, 0.29) is 16.9 Å². The first-order valence-electron chi connectivity index (χ1n) is 16.5. The fourth-order valence-electron chi connectivity index (χ4n) is 6.87. The maximum absolute atomic E-state index is 11.3. The second-order valence-corrected chi connectivity index (χ2v) is 17.9. The Balaban J connectivity index is 1.36. The fraction of sp³-hybridized carbons (Fsp3) is 0.444. The van der Waals surface area contributed by atoms with Crippen molar-refractivity contribution in [3.8, 4) is 0 Å². The first kappa shape index (κ1) is 37.5. The van der Waals surface area contributed by atoms with Gasteiger partial charge in [0.2, 0.25) is 0 Å². The number of nitrogens with zero attached hydrogens (tertiary/aromatic N) is 3. The predicted octanol–water partition coefficient (Wildman–Crippen LogP) is 7.78. The van der Waals surface area contributed by atoms with Gasteiger partial charge in [0.15, 0.2) is 5.71 Å². The zero-order chi connectivity index (χ0) is 35.8. The van der Waals surface area contributed by atoms with E-state index in [0.717, 1.165) is 52.5 Å². The number of aliphatic imine (C=N–C) groups is 1. The van der Waals surface area contributed by atoms with Crippen molar-refractivity contribution >= 4 is 60.7 Å². The number of pyridine rings is 1. The van der Waals surface area contributed by atoms with Crippen molar-refractivity contribution in [2.45, 2.75) is 83.6 Å². The summed E-state index contributed by atoms with van der Waals surface area (Å²) in [6.45, 7) is 9.70. The number of halogens is 2. The molecule has 2 aromatic rings. The molecular formula is C36H44Cl2N3O6S2+. The molecular weight excluding hydrogens is 705 g/mol. The van der Waals surface area contributed by atoms with E-state index in [0.29, 0.717) is 48.8 Å². The Morgan fingerprint density at radius 3 is 2.24 bits per heavy atom. The van der Waals surface area contributed by atoms with Crippen LogP contribution in [0, 0.1) is 0 Å². The van der Waals surface area contributed by atoms with E-state index in [1.165, 1.54) is 5.56 Å². The molecule has 0 saturated heterocycles. The lowest BCUT2D eigenvalue weighted by atomic mass is 9.82. The van der Waals surface area contributed by atoms with Gasteiger partial charge in [-0.3, -0.25) is 9.11 Å². The summed E-state index contributed by atoms with van der Waals surface area (Å²) in [4.78, 5) is 7.22. The summed E-state index contributed by atoms with van der Waals surface area (Å²) >= 11 is 13.5. The second kappa shape index (κ2) is 14.4. The van der Waals surface area contributed by atoms with E-state index in [1.807, 2.05) is 34.9 Å². The van der Waals surface area contributed by atoms with Crippen LogP contribution in [-0.2, 0) is 37.6 Å². The Kier molecular flexibility index (Phi) is 11.0. The Morgan fingerprint density at radius 2 is 1.55 bits per heavy atom. The van der Waals surface area contributed by atoms with Crippen molar-refractivity contribution in [3.05, 3.63) is 98.9 Å². The van der Waals surface area contributed by atoms with Crippen LogP contribution in [-0.4, -0.2) is 49.7 Å². The topological polar surface area (TPSA) is 128 Å². The number of unbranched alkanes of at least 4 members (excludes halogenated alkanes) is 2. The second-order valence-electron chi connectivity index (χ2n) is 13.9. The quantitative estimate of drug-likeness (QED) is 0.122. The summed E-state index contributed by atoms with van der Waals surface area (Å²) < 4.78 is 65.0. The fourth-order valence-corrected chi connectivity index (χ4v) is 8.55. The molecule has 1 aromatic carbocycles. The van der Waals surface area contributed by atoms with Gasteiger partial charge < -0.3 is 4.90 Å². The first-order valence-corrected chi connectivity index (χ1v) is 20.4. The Morgan fingerprint density at radius 1 is 0.878 bits per heavy atom. The number of hydrogen-bond donors (Lipinski definition) is 2. The summed E-state index contributed by atoms with van der Waals surface area (Å²) in [6, 6.07) is 10.2. The molecule has 0 spiro atoms. The minimum atomic E-state index is -4.01. The smallest absolute Gasteiger partial charge is 0.327 e. The van der Waals surface area contributed by atoms with Crippen LogP contribution in [0.25, 0.3) is 0 Å². The molecule has 3 heterocycles. The van der Waals surface area contributed by atoms with Gasteiger partial charge in [0.1, 0.15) is 6.20 Å². The number of fused-ring (bicyclic) bond motifs is 2. The molecule has 0 radical (unpaired) electrons. The first-order chi connectivity index (χ1) is 22.9. The van der Waals surface area contributed by atoms with Crippen LogP contribution >= 0.6 is 23.2 Å². The summed E-state index contributed by atoms with van der Waals surface area (Å²) in [6.07, 6.45) is 13.5. The van der Waals surface area contributed by atoms with Gasteiger partial charge in [-0.2, -0.15) is 16.8 Å². The van der Waals surface area contributed by atoms with E-state index >= 15 is 0 Å². The summed E-state index contributed by atoms with van der Waals surface area (Å²) in [5.41, 5.74) is 6.62. The van der Waals surface area contributed by atoms with Crippen LogP contribution in [0.2, 0.25) is 5.02 Å². The highest BCUT2D eigenvalue weighted by atomic mass is 35.5. The van der Waals surface area contributed by atoms with Crippen LogP contribution in [0.3, 0.4) is 0 Å². The van der Waals surface area contributed by atoms with Gasteiger partial charge in [0.05, 0.1) is 34.1 Å². The van der Waals surface area contributed by atoms with Gasteiger partial charge in [-0.1, -0.05) is 67.4 Å². The molecule has 1 aliphatic carbocycles. The maximum Gasteiger partial charge on any atom is 0.327 e. The van der Waals surface area contributed by atoms with Crippen LogP contribution in [0.5, 0.6) is 0 Å². The SMILES string of the molecule is CC1(C)C(=CC=C2CCC(C=CC3=Nc4c(cc(Cl)c[n+]4CCCCS(=O)(=O)O)C3(C)C)=C2Cl)N(CCCCS(=O)(=O)O)c2ccccc21. The Bertz CT molecular complexity index is 2010.